The third-order valence-corrected chi connectivity index (χ3v) is 8.23. The van der Waals surface area contributed by atoms with Gasteiger partial charge in [-0.05, 0) is 25.1 Å². The first-order valence-electron chi connectivity index (χ1n) is 10.4. The summed E-state index contributed by atoms with van der Waals surface area (Å²) in [7, 11) is -3.93. The van der Waals surface area contributed by atoms with Gasteiger partial charge in [0.25, 0.3) is 11.8 Å². The minimum absolute atomic E-state index is 0.0104. The molecule has 1 fully saturated rings. The highest BCUT2D eigenvalue weighted by Gasteiger charge is 2.34. The number of nitrogens with one attached hydrogen (secondary N) is 2. The van der Waals surface area contributed by atoms with Gasteiger partial charge in [-0.25, -0.2) is 8.42 Å². The third kappa shape index (κ3) is 3.84. The molecule has 1 aromatic heterocycles. The summed E-state index contributed by atoms with van der Waals surface area (Å²) >= 11 is 6.27. The van der Waals surface area contributed by atoms with Crippen molar-refractivity contribution in [1.29, 1.82) is 0 Å². The van der Waals surface area contributed by atoms with Crippen molar-refractivity contribution >= 4 is 50.0 Å². The molecule has 9 nitrogen and oxygen atoms in total. The second-order valence-electron chi connectivity index (χ2n) is 7.99. The number of anilines is 1. The van der Waals surface area contributed by atoms with Crippen LogP contribution in [-0.4, -0.2) is 66.7 Å². The van der Waals surface area contributed by atoms with Crippen LogP contribution >= 0.6 is 11.6 Å². The number of carbonyl (C=O) groups is 2. The fourth-order valence-corrected chi connectivity index (χ4v) is 5.98. The van der Waals surface area contributed by atoms with Gasteiger partial charge in [0.15, 0.2) is 6.10 Å². The number of rotatable bonds is 3. The number of piperazine rings is 1. The molecule has 2 aliphatic heterocycles. The number of aromatic amines is 1. The Bertz CT molecular complexity index is 1350. The number of H-pyrrole nitrogens is 1. The Kier molecular flexibility index (Phi) is 5.31. The van der Waals surface area contributed by atoms with E-state index in [-0.39, 0.29) is 53.7 Å². The third-order valence-electron chi connectivity index (χ3n) is 5.87. The van der Waals surface area contributed by atoms with E-state index in [4.69, 9.17) is 16.3 Å². The lowest BCUT2D eigenvalue weighted by Gasteiger charge is -2.34. The van der Waals surface area contributed by atoms with Crippen molar-refractivity contribution in [1.82, 2.24) is 14.2 Å². The van der Waals surface area contributed by atoms with Crippen LogP contribution < -0.4 is 10.1 Å². The molecule has 1 saturated heterocycles. The van der Waals surface area contributed by atoms with Crippen LogP contribution in [0.15, 0.2) is 47.4 Å². The molecule has 0 radical (unpaired) electrons. The van der Waals surface area contributed by atoms with Crippen LogP contribution in [0.3, 0.4) is 0 Å². The van der Waals surface area contributed by atoms with E-state index >= 15 is 0 Å². The Morgan fingerprint density at radius 2 is 1.85 bits per heavy atom. The number of aromatic nitrogens is 1. The quantitative estimate of drug-likeness (QED) is 0.588. The second-order valence-corrected chi connectivity index (χ2v) is 10.3. The van der Waals surface area contributed by atoms with E-state index in [2.05, 4.69) is 10.3 Å². The Labute approximate surface area is 195 Å². The smallest absolute Gasteiger partial charge is 0.270 e. The number of benzene rings is 2. The lowest BCUT2D eigenvalue weighted by Crippen LogP contribution is -2.50. The molecular formula is C22H21ClN4O5S. The largest absolute Gasteiger partial charge is 0.479 e. The number of fused-ring (bicyclic) bond motifs is 2. The van der Waals surface area contributed by atoms with Crippen molar-refractivity contribution in [3.8, 4) is 5.75 Å². The zero-order valence-electron chi connectivity index (χ0n) is 17.7. The van der Waals surface area contributed by atoms with E-state index in [0.717, 1.165) is 10.9 Å². The van der Waals surface area contributed by atoms with Crippen molar-refractivity contribution < 1.29 is 22.7 Å². The summed E-state index contributed by atoms with van der Waals surface area (Å²) in [5, 5.41) is 3.58. The molecule has 2 amide bonds. The van der Waals surface area contributed by atoms with Crippen molar-refractivity contribution in [2.45, 2.75) is 17.9 Å². The van der Waals surface area contributed by atoms with Crippen molar-refractivity contribution in [3.63, 3.8) is 0 Å². The first-order valence-corrected chi connectivity index (χ1v) is 12.2. The van der Waals surface area contributed by atoms with E-state index in [1.165, 1.54) is 16.4 Å². The van der Waals surface area contributed by atoms with Gasteiger partial charge < -0.3 is 19.9 Å². The van der Waals surface area contributed by atoms with E-state index < -0.39 is 16.1 Å². The summed E-state index contributed by atoms with van der Waals surface area (Å²) in [6.45, 7) is 2.34. The van der Waals surface area contributed by atoms with Crippen LogP contribution in [0, 0.1) is 0 Å². The molecule has 0 bridgehead atoms. The highest BCUT2D eigenvalue weighted by Crippen LogP contribution is 2.38. The highest BCUT2D eigenvalue weighted by molar-refractivity contribution is 7.89. The Hall–Kier alpha value is -3.08. The van der Waals surface area contributed by atoms with E-state index in [0.29, 0.717) is 11.4 Å². The Morgan fingerprint density at radius 1 is 1.12 bits per heavy atom. The van der Waals surface area contributed by atoms with Gasteiger partial charge in [0.05, 0.1) is 10.7 Å². The summed E-state index contributed by atoms with van der Waals surface area (Å²) in [6, 6.07) is 12.1. The number of para-hydroxylation sites is 1. The normalized spacial score (nSPS) is 19.2. The molecule has 5 rings (SSSR count). The van der Waals surface area contributed by atoms with Crippen LogP contribution in [0.4, 0.5) is 5.69 Å². The van der Waals surface area contributed by atoms with Gasteiger partial charge in [-0.15, -0.1) is 0 Å². The Balaban J connectivity index is 1.33. The molecular weight excluding hydrogens is 468 g/mol. The van der Waals surface area contributed by atoms with Crippen LogP contribution in [0.1, 0.15) is 17.4 Å². The number of halogens is 1. The van der Waals surface area contributed by atoms with Gasteiger partial charge in [-0.1, -0.05) is 29.8 Å². The number of hydrogen-bond donors (Lipinski definition) is 2. The van der Waals surface area contributed by atoms with Crippen LogP contribution in [-0.2, 0) is 14.8 Å². The molecule has 0 spiro atoms. The number of ether oxygens (including phenoxy) is 1. The van der Waals surface area contributed by atoms with Crippen LogP contribution in [0.25, 0.3) is 10.9 Å². The molecule has 2 aliphatic rings. The van der Waals surface area contributed by atoms with Gasteiger partial charge in [-0.2, -0.15) is 4.31 Å². The summed E-state index contributed by atoms with van der Waals surface area (Å²) in [5.41, 5.74) is 1.67. The minimum atomic E-state index is -3.93. The summed E-state index contributed by atoms with van der Waals surface area (Å²) < 4.78 is 33.4. The van der Waals surface area contributed by atoms with Crippen molar-refractivity contribution in [2.75, 3.05) is 31.5 Å². The average Bonchev–Trinajstić information content (AvgIpc) is 3.24. The van der Waals surface area contributed by atoms with Gasteiger partial charge in [0.2, 0.25) is 10.0 Å². The minimum Gasteiger partial charge on any atom is -0.479 e. The molecule has 11 heteroatoms. The predicted molar refractivity (Wildman–Crippen MR) is 123 cm³/mol. The SMILES string of the molecule is C[C@@H]1Oc2cc(S(=O)(=O)N3CCN(C(=O)c4cc5ccccc5[nH]4)CC3)c(Cl)cc2NC1=O. The molecule has 2 N–H and O–H groups in total. The Morgan fingerprint density at radius 3 is 2.58 bits per heavy atom. The summed E-state index contributed by atoms with van der Waals surface area (Å²) in [4.78, 5) is 29.4. The molecule has 172 valence electrons. The topological polar surface area (TPSA) is 112 Å². The number of sulfonamides is 1. The number of amides is 2. The zero-order chi connectivity index (χ0) is 23.3. The number of hydrogen-bond acceptors (Lipinski definition) is 5. The standard InChI is InChI=1S/C22H21ClN4O5S/c1-13-21(28)25-17-11-15(23)20(12-19(17)32-13)33(30,31)27-8-6-26(7-9-27)22(29)18-10-14-4-2-3-5-16(14)24-18/h2-5,10-13,24H,6-9H2,1H3,(H,25,28)/t13-/m0/s1. The van der Waals surface area contributed by atoms with E-state index in [9.17, 15) is 18.0 Å². The monoisotopic (exact) mass is 488 g/mol. The zero-order valence-corrected chi connectivity index (χ0v) is 19.2. The van der Waals surface area contributed by atoms with E-state index in [1.807, 2.05) is 24.3 Å². The molecule has 3 heterocycles. The van der Waals surface area contributed by atoms with Gasteiger partial charge in [-0.3, -0.25) is 9.59 Å². The maximum atomic E-state index is 13.3. The van der Waals surface area contributed by atoms with Crippen molar-refractivity contribution in [3.05, 3.63) is 53.2 Å². The molecule has 33 heavy (non-hydrogen) atoms. The molecule has 0 aliphatic carbocycles. The molecule has 1 atom stereocenters. The van der Waals surface area contributed by atoms with Crippen molar-refractivity contribution in [2.24, 2.45) is 0 Å². The molecule has 0 unspecified atom stereocenters. The van der Waals surface area contributed by atoms with Gasteiger partial charge in [0.1, 0.15) is 16.3 Å². The first-order chi connectivity index (χ1) is 15.7. The maximum absolute atomic E-state index is 13.3. The summed E-state index contributed by atoms with van der Waals surface area (Å²) in [5.74, 6) is -0.254. The second kappa shape index (κ2) is 8.05. The lowest BCUT2D eigenvalue weighted by atomic mass is 10.2. The van der Waals surface area contributed by atoms with Crippen LogP contribution in [0.2, 0.25) is 5.02 Å². The first kappa shape index (κ1) is 21.7. The predicted octanol–water partition coefficient (Wildman–Crippen LogP) is 2.69. The maximum Gasteiger partial charge on any atom is 0.270 e. The average molecular weight is 489 g/mol. The number of nitrogens with zero attached hydrogens (tertiary/aromatic N) is 2. The molecule has 0 saturated carbocycles. The van der Waals surface area contributed by atoms with Crippen LogP contribution in [0.5, 0.6) is 5.75 Å². The fraction of sp³-hybridized carbons (Fsp3) is 0.273. The lowest BCUT2D eigenvalue weighted by molar-refractivity contribution is -0.122. The van der Waals surface area contributed by atoms with Gasteiger partial charge in [0, 0.05) is 43.1 Å². The number of carbonyl (C=O) groups excluding carboxylic acids is 2. The van der Waals surface area contributed by atoms with E-state index in [1.54, 1.807) is 17.9 Å². The summed E-state index contributed by atoms with van der Waals surface area (Å²) in [6.07, 6.45) is -0.742. The van der Waals surface area contributed by atoms with Gasteiger partial charge >= 0.3 is 0 Å². The molecule has 3 aromatic rings. The highest BCUT2D eigenvalue weighted by atomic mass is 35.5. The fourth-order valence-electron chi connectivity index (χ4n) is 4.04. The molecule has 2 aromatic carbocycles.